The van der Waals surface area contributed by atoms with Crippen LogP contribution in [0.15, 0.2) is 0 Å². The molecule has 0 aliphatic heterocycles. The molecular weight excluding hydrogens is 336 g/mol. The summed E-state index contributed by atoms with van der Waals surface area (Å²) in [7, 11) is 0. The van der Waals surface area contributed by atoms with Crippen LogP contribution in [-0.4, -0.2) is 22.3 Å². The predicted molar refractivity (Wildman–Crippen MR) is 107 cm³/mol. The molecule has 0 amide bonds. The van der Waals surface area contributed by atoms with Crippen molar-refractivity contribution in [2.24, 2.45) is 46.3 Å². The average molecular weight is 377 g/mol. The molecule has 0 bridgehead atoms. The zero-order valence-electron chi connectivity index (χ0n) is 17.6. The van der Waals surface area contributed by atoms with Gasteiger partial charge in [0.15, 0.2) is 0 Å². The van der Waals surface area contributed by atoms with Crippen molar-refractivity contribution in [3.05, 3.63) is 0 Å². The summed E-state index contributed by atoms with van der Waals surface area (Å²) in [4.78, 5) is 11.0. The Balaban J connectivity index is 1.51. The number of rotatable bonds is 4. The molecule has 4 aliphatic carbocycles. The van der Waals surface area contributed by atoms with Crippen molar-refractivity contribution in [3.8, 4) is 0 Å². The van der Waals surface area contributed by atoms with Crippen molar-refractivity contribution in [3.63, 3.8) is 0 Å². The van der Waals surface area contributed by atoms with Crippen LogP contribution < -0.4 is 0 Å². The third kappa shape index (κ3) is 3.16. The first-order valence-corrected chi connectivity index (χ1v) is 11.7. The second-order valence-corrected chi connectivity index (χ2v) is 11.2. The zero-order chi connectivity index (χ0) is 19.4. The van der Waals surface area contributed by atoms with E-state index in [0.29, 0.717) is 29.1 Å². The lowest BCUT2D eigenvalue weighted by Gasteiger charge is -2.61. The monoisotopic (exact) mass is 376 g/mol. The fourth-order valence-electron chi connectivity index (χ4n) is 8.76. The molecule has 3 nitrogen and oxygen atoms in total. The number of hydrogen-bond acceptors (Lipinski definition) is 2. The summed E-state index contributed by atoms with van der Waals surface area (Å²) in [5, 5.41) is 19.3. The van der Waals surface area contributed by atoms with Gasteiger partial charge in [-0.1, -0.05) is 20.8 Å². The maximum Gasteiger partial charge on any atom is 0.303 e. The van der Waals surface area contributed by atoms with Gasteiger partial charge >= 0.3 is 5.97 Å². The standard InChI is InChI=1S/C24H40O3/c1-15(4-9-22(26)27)19-7-8-20-18-6-5-16-14-17(25)10-12-23(16,2)21(18)11-13-24(19,20)3/h15-21,25H,4-14H2,1-3H3,(H,26,27)/t15-,16?,17-,18?,19?,20?,21?,23?,24?/m1/s1. The third-order valence-corrected chi connectivity index (χ3v) is 10.2. The van der Waals surface area contributed by atoms with Gasteiger partial charge < -0.3 is 10.2 Å². The Labute approximate surface area is 165 Å². The minimum atomic E-state index is -0.643. The second-order valence-electron chi connectivity index (χ2n) is 11.2. The number of aliphatic carboxylic acids is 1. The van der Waals surface area contributed by atoms with E-state index in [1.807, 2.05) is 0 Å². The number of carboxylic acids is 1. The average Bonchev–Trinajstić information content (AvgIpc) is 2.97. The Hall–Kier alpha value is -0.570. The highest BCUT2D eigenvalue weighted by atomic mass is 16.4. The van der Waals surface area contributed by atoms with Crippen molar-refractivity contribution in [1.29, 1.82) is 0 Å². The molecule has 2 N–H and O–H groups in total. The highest BCUT2D eigenvalue weighted by Gasteiger charge is 2.60. The van der Waals surface area contributed by atoms with Crippen LogP contribution in [0, 0.1) is 46.3 Å². The number of hydrogen-bond donors (Lipinski definition) is 2. The maximum absolute atomic E-state index is 11.0. The van der Waals surface area contributed by atoms with Crippen LogP contribution in [0.3, 0.4) is 0 Å². The zero-order valence-corrected chi connectivity index (χ0v) is 17.6. The number of aliphatic hydroxyl groups is 1. The van der Waals surface area contributed by atoms with E-state index < -0.39 is 5.97 Å². The van der Waals surface area contributed by atoms with Gasteiger partial charge in [-0.3, -0.25) is 4.79 Å². The molecule has 7 unspecified atom stereocenters. The van der Waals surface area contributed by atoms with Gasteiger partial charge in [0.05, 0.1) is 6.10 Å². The van der Waals surface area contributed by atoms with Gasteiger partial charge in [0.25, 0.3) is 0 Å². The molecule has 0 spiro atoms. The van der Waals surface area contributed by atoms with Gasteiger partial charge in [-0.05, 0) is 111 Å². The molecule has 154 valence electrons. The quantitative estimate of drug-likeness (QED) is 0.680. The first kappa shape index (κ1) is 19.7. The smallest absolute Gasteiger partial charge is 0.303 e. The second kappa shape index (κ2) is 7.04. The van der Waals surface area contributed by atoms with Crippen molar-refractivity contribution in [1.82, 2.24) is 0 Å². The van der Waals surface area contributed by atoms with E-state index in [1.54, 1.807) is 0 Å². The molecular formula is C24H40O3. The van der Waals surface area contributed by atoms with Gasteiger partial charge in [-0.15, -0.1) is 0 Å². The van der Waals surface area contributed by atoms with Crippen LogP contribution in [0.1, 0.15) is 91.4 Å². The molecule has 3 heteroatoms. The SMILES string of the molecule is C[C@H](CCC(=O)O)C1CCC2C3CCC4C[C@H](O)CCC4(C)C3CCC21C. The van der Waals surface area contributed by atoms with Crippen molar-refractivity contribution in [2.45, 2.75) is 97.5 Å². The molecule has 0 radical (unpaired) electrons. The van der Waals surface area contributed by atoms with E-state index in [9.17, 15) is 9.90 Å². The maximum atomic E-state index is 11.0. The lowest BCUT2D eigenvalue weighted by Crippen LogP contribution is -2.54. The van der Waals surface area contributed by atoms with Crippen LogP contribution in [0.2, 0.25) is 0 Å². The van der Waals surface area contributed by atoms with Crippen LogP contribution in [0.5, 0.6) is 0 Å². The fraction of sp³-hybridized carbons (Fsp3) is 0.958. The first-order chi connectivity index (χ1) is 12.8. The molecule has 4 fully saturated rings. The van der Waals surface area contributed by atoms with E-state index in [4.69, 9.17) is 5.11 Å². The number of aliphatic hydroxyl groups excluding tert-OH is 1. The summed E-state index contributed by atoms with van der Waals surface area (Å²) in [6.45, 7) is 7.43. The van der Waals surface area contributed by atoms with Crippen LogP contribution in [0.4, 0.5) is 0 Å². The van der Waals surface area contributed by atoms with Crippen molar-refractivity contribution < 1.29 is 15.0 Å². The largest absolute Gasteiger partial charge is 0.481 e. The number of carbonyl (C=O) groups is 1. The van der Waals surface area contributed by atoms with E-state index in [2.05, 4.69) is 20.8 Å². The van der Waals surface area contributed by atoms with Crippen molar-refractivity contribution in [2.75, 3.05) is 0 Å². The molecule has 9 atom stereocenters. The van der Waals surface area contributed by atoms with Crippen LogP contribution >= 0.6 is 0 Å². The Morgan fingerprint density at radius 2 is 1.70 bits per heavy atom. The van der Waals surface area contributed by atoms with Gasteiger partial charge in [-0.2, -0.15) is 0 Å². The molecule has 0 saturated heterocycles. The topological polar surface area (TPSA) is 57.5 Å². The number of fused-ring (bicyclic) bond motifs is 5. The predicted octanol–water partition coefficient (Wildman–Crippen LogP) is 5.51. The highest BCUT2D eigenvalue weighted by molar-refractivity contribution is 5.66. The van der Waals surface area contributed by atoms with Gasteiger partial charge in [0.1, 0.15) is 0 Å². The van der Waals surface area contributed by atoms with Crippen LogP contribution in [-0.2, 0) is 4.79 Å². The van der Waals surface area contributed by atoms with Crippen molar-refractivity contribution >= 4 is 5.97 Å². The lowest BCUT2D eigenvalue weighted by molar-refractivity contribution is -0.138. The Kier molecular flexibility index (Phi) is 5.15. The summed E-state index contributed by atoms with van der Waals surface area (Å²) in [6, 6.07) is 0. The Morgan fingerprint density at radius 1 is 1.00 bits per heavy atom. The normalized spacial score (nSPS) is 50.4. The highest BCUT2D eigenvalue weighted by Crippen LogP contribution is 2.68. The van der Waals surface area contributed by atoms with E-state index in [1.165, 1.54) is 44.9 Å². The van der Waals surface area contributed by atoms with E-state index in [-0.39, 0.29) is 6.10 Å². The molecule has 0 heterocycles. The molecule has 0 aromatic heterocycles. The van der Waals surface area contributed by atoms with Gasteiger partial charge in [0.2, 0.25) is 0 Å². The fourth-order valence-corrected chi connectivity index (χ4v) is 8.76. The van der Waals surface area contributed by atoms with E-state index in [0.717, 1.165) is 42.9 Å². The molecule has 0 aromatic rings. The lowest BCUT2D eigenvalue weighted by atomic mass is 9.44. The first-order valence-electron chi connectivity index (χ1n) is 11.7. The van der Waals surface area contributed by atoms with Gasteiger partial charge in [0, 0.05) is 6.42 Å². The molecule has 27 heavy (non-hydrogen) atoms. The number of carboxylic acid groups (broad SMARTS) is 1. The minimum Gasteiger partial charge on any atom is -0.481 e. The summed E-state index contributed by atoms with van der Waals surface area (Å²) < 4.78 is 0. The van der Waals surface area contributed by atoms with E-state index >= 15 is 0 Å². The van der Waals surface area contributed by atoms with Gasteiger partial charge in [-0.25, -0.2) is 0 Å². The Morgan fingerprint density at radius 3 is 2.44 bits per heavy atom. The molecule has 4 aliphatic rings. The summed E-state index contributed by atoms with van der Waals surface area (Å²) in [6.07, 6.45) is 12.4. The molecule has 4 saturated carbocycles. The third-order valence-electron chi connectivity index (χ3n) is 10.2. The minimum absolute atomic E-state index is 0.0561. The summed E-state index contributed by atoms with van der Waals surface area (Å²) in [5.74, 6) is 3.91. The van der Waals surface area contributed by atoms with Crippen LogP contribution in [0.25, 0.3) is 0 Å². The Bertz CT molecular complexity index is 574. The summed E-state index contributed by atoms with van der Waals surface area (Å²) in [5.41, 5.74) is 0.882. The molecule has 4 rings (SSSR count). The molecule has 0 aromatic carbocycles. The summed E-state index contributed by atoms with van der Waals surface area (Å²) >= 11 is 0.